The normalized spacial score (nSPS) is 11.4. The molecular weight excluding hydrogens is 482 g/mol. The van der Waals surface area contributed by atoms with Crippen LogP contribution in [0.5, 0.6) is 0 Å². The van der Waals surface area contributed by atoms with Crippen LogP contribution in [-0.2, 0) is 6.42 Å². The Morgan fingerprint density at radius 3 is 2.65 bits per heavy atom. The minimum absolute atomic E-state index is 0.0499. The number of nitrogen functional groups attached to an aromatic ring is 1. The molecule has 186 valence electrons. The van der Waals surface area contributed by atoms with Crippen LogP contribution in [0.3, 0.4) is 0 Å². The molecule has 37 heavy (non-hydrogen) atoms. The minimum atomic E-state index is -0.0499. The lowest BCUT2D eigenvalue weighted by molar-refractivity contribution is 0.753. The van der Waals surface area contributed by atoms with Crippen molar-refractivity contribution in [3.8, 4) is 5.69 Å². The molecule has 3 heterocycles. The summed E-state index contributed by atoms with van der Waals surface area (Å²) in [6.07, 6.45) is 7.00. The van der Waals surface area contributed by atoms with Crippen molar-refractivity contribution in [1.29, 1.82) is 0 Å². The van der Waals surface area contributed by atoms with E-state index in [1.54, 1.807) is 22.1 Å². The summed E-state index contributed by atoms with van der Waals surface area (Å²) in [4.78, 5) is 31.5. The second-order valence-corrected chi connectivity index (χ2v) is 9.56. The number of nitrogens with two attached hydrogens (primary N) is 1. The molecule has 0 aliphatic carbocycles. The highest BCUT2D eigenvalue weighted by Crippen LogP contribution is 2.22. The van der Waals surface area contributed by atoms with E-state index in [2.05, 4.69) is 20.3 Å². The first-order valence-electron chi connectivity index (χ1n) is 12.0. The highest BCUT2D eigenvalue weighted by atomic mass is 32.1. The molecule has 0 atom stereocenters. The Labute approximate surface area is 218 Å². The molecule has 0 saturated carbocycles. The van der Waals surface area contributed by atoms with E-state index in [0.717, 1.165) is 39.8 Å². The average Bonchev–Trinajstić information content (AvgIpc) is 3.40. The highest BCUT2D eigenvalue weighted by molar-refractivity contribution is 7.10. The SMILES string of the molecule is Cc1nc(N)nc(NCCCc2nc3cccc(C)c3c(=O)n2-c2ccccc2)c1/C=C/c1nccs1. The largest absolute Gasteiger partial charge is 0.369 e. The lowest BCUT2D eigenvalue weighted by Crippen LogP contribution is -2.25. The zero-order valence-electron chi connectivity index (χ0n) is 20.7. The van der Waals surface area contributed by atoms with E-state index in [1.807, 2.05) is 79.9 Å². The first-order valence-corrected chi connectivity index (χ1v) is 12.9. The van der Waals surface area contributed by atoms with Gasteiger partial charge in [0.1, 0.15) is 16.6 Å². The lowest BCUT2D eigenvalue weighted by Gasteiger charge is -2.15. The predicted molar refractivity (Wildman–Crippen MR) is 151 cm³/mol. The highest BCUT2D eigenvalue weighted by Gasteiger charge is 2.14. The molecule has 3 aromatic heterocycles. The number of para-hydroxylation sites is 1. The fraction of sp³-hybridized carbons (Fsp3) is 0.179. The molecule has 0 saturated heterocycles. The Bertz CT molecular complexity index is 1630. The lowest BCUT2D eigenvalue weighted by atomic mass is 10.1. The van der Waals surface area contributed by atoms with Gasteiger partial charge < -0.3 is 11.1 Å². The number of nitrogens with one attached hydrogen (secondary N) is 1. The molecule has 0 amide bonds. The van der Waals surface area contributed by atoms with Gasteiger partial charge in [0, 0.05) is 30.1 Å². The summed E-state index contributed by atoms with van der Waals surface area (Å²) in [5.41, 5.74) is 9.98. The van der Waals surface area contributed by atoms with Crippen LogP contribution in [0.15, 0.2) is 64.9 Å². The zero-order chi connectivity index (χ0) is 25.8. The van der Waals surface area contributed by atoms with Gasteiger partial charge in [0.15, 0.2) is 0 Å². The van der Waals surface area contributed by atoms with Gasteiger partial charge in [-0.3, -0.25) is 9.36 Å². The monoisotopic (exact) mass is 509 g/mol. The molecule has 9 heteroatoms. The maximum Gasteiger partial charge on any atom is 0.266 e. The fourth-order valence-corrected chi connectivity index (χ4v) is 4.84. The molecule has 8 nitrogen and oxygen atoms in total. The van der Waals surface area contributed by atoms with Crippen LogP contribution in [0.4, 0.5) is 11.8 Å². The van der Waals surface area contributed by atoms with Crippen LogP contribution >= 0.6 is 11.3 Å². The Hall–Kier alpha value is -4.37. The quantitative estimate of drug-likeness (QED) is 0.282. The number of nitrogens with zero attached hydrogens (tertiary/aromatic N) is 5. The Balaban J connectivity index is 1.40. The smallest absolute Gasteiger partial charge is 0.266 e. The predicted octanol–water partition coefficient (Wildman–Crippen LogP) is 5.05. The van der Waals surface area contributed by atoms with Crippen molar-refractivity contribution >= 4 is 46.2 Å². The maximum absolute atomic E-state index is 13.6. The van der Waals surface area contributed by atoms with Gasteiger partial charge in [-0.05, 0) is 56.2 Å². The van der Waals surface area contributed by atoms with Crippen LogP contribution in [0, 0.1) is 13.8 Å². The van der Waals surface area contributed by atoms with E-state index in [-0.39, 0.29) is 11.5 Å². The third kappa shape index (κ3) is 5.26. The number of anilines is 2. The molecule has 0 radical (unpaired) electrons. The molecule has 0 bridgehead atoms. The van der Waals surface area contributed by atoms with E-state index in [4.69, 9.17) is 10.7 Å². The van der Waals surface area contributed by atoms with Gasteiger partial charge in [-0.1, -0.05) is 30.3 Å². The molecule has 3 N–H and O–H groups in total. The van der Waals surface area contributed by atoms with E-state index in [1.165, 1.54) is 0 Å². The van der Waals surface area contributed by atoms with Gasteiger partial charge >= 0.3 is 0 Å². The number of hydrogen-bond donors (Lipinski definition) is 2. The van der Waals surface area contributed by atoms with Gasteiger partial charge in [-0.15, -0.1) is 11.3 Å². The van der Waals surface area contributed by atoms with Gasteiger partial charge in [-0.2, -0.15) is 4.98 Å². The summed E-state index contributed by atoms with van der Waals surface area (Å²) in [5.74, 6) is 1.61. The van der Waals surface area contributed by atoms with Crippen LogP contribution in [-0.4, -0.2) is 31.0 Å². The minimum Gasteiger partial charge on any atom is -0.369 e. The van der Waals surface area contributed by atoms with Gasteiger partial charge in [0.05, 0.1) is 22.3 Å². The van der Waals surface area contributed by atoms with Crippen molar-refractivity contribution in [3.63, 3.8) is 0 Å². The van der Waals surface area contributed by atoms with Gasteiger partial charge in [-0.25, -0.2) is 15.0 Å². The summed E-state index contributed by atoms with van der Waals surface area (Å²) in [6, 6.07) is 15.4. The molecule has 0 aliphatic heterocycles. The van der Waals surface area contributed by atoms with Crippen LogP contribution in [0.25, 0.3) is 28.7 Å². The fourth-order valence-electron chi connectivity index (χ4n) is 4.31. The number of aromatic nitrogens is 5. The number of aryl methyl sites for hydroxylation is 3. The van der Waals surface area contributed by atoms with E-state index < -0.39 is 0 Å². The second-order valence-electron chi connectivity index (χ2n) is 8.64. The number of fused-ring (bicyclic) bond motifs is 1. The number of hydrogen-bond acceptors (Lipinski definition) is 8. The Kier molecular flexibility index (Phi) is 7.04. The number of rotatable bonds is 8. The topological polar surface area (TPSA) is 112 Å². The van der Waals surface area contributed by atoms with E-state index in [9.17, 15) is 4.79 Å². The third-order valence-electron chi connectivity index (χ3n) is 6.06. The van der Waals surface area contributed by atoms with Crippen molar-refractivity contribution in [2.45, 2.75) is 26.7 Å². The van der Waals surface area contributed by atoms with Crippen LogP contribution in [0.1, 0.15) is 34.1 Å². The Morgan fingerprint density at radius 1 is 1.03 bits per heavy atom. The average molecular weight is 510 g/mol. The summed E-state index contributed by atoms with van der Waals surface area (Å²) < 4.78 is 1.73. The first kappa shape index (κ1) is 24.3. The van der Waals surface area contributed by atoms with Crippen LogP contribution < -0.4 is 16.6 Å². The number of thiazole rings is 1. The number of benzene rings is 2. The van der Waals surface area contributed by atoms with Crippen molar-refractivity contribution < 1.29 is 0 Å². The maximum atomic E-state index is 13.6. The third-order valence-corrected chi connectivity index (χ3v) is 6.80. The van der Waals surface area contributed by atoms with Gasteiger partial charge in [0.25, 0.3) is 5.56 Å². The molecule has 5 rings (SSSR count). The molecule has 2 aromatic carbocycles. The molecule has 0 aliphatic rings. The van der Waals surface area contributed by atoms with Crippen LogP contribution in [0.2, 0.25) is 0 Å². The second kappa shape index (κ2) is 10.7. The van der Waals surface area contributed by atoms with Gasteiger partial charge in [0.2, 0.25) is 5.95 Å². The summed E-state index contributed by atoms with van der Waals surface area (Å²) in [7, 11) is 0. The Morgan fingerprint density at radius 2 is 1.86 bits per heavy atom. The molecular formula is C28H27N7OS. The molecule has 5 aromatic rings. The summed E-state index contributed by atoms with van der Waals surface area (Å²) in [6.45, 7) is 4.47. The van der Waals surface area contributed by atoms with Crippen molar-refractivity contribution in [3.05, 3.63) is 98.1 Å². The van der Waals surface area contributed by atoms with E-state index in [0.29, 0.717) is 29.7 Å². The summed E-state index contributed by atoms with van der Waals surface area (Å²) in [5, 5.41) is 6.89. The zero-order valence-corrected chi connectivity index (χ0v) is 21.5. The summed E-state index contributed by atoms with van der Waals surface area (Å²) >= 11 is 1.56. The first-order chi connectivity index (χ1) is 18.0. The molecule has 0 spiro atoms. The van der Waals surface area contributed by atoms with Crippen molar-refractivity contribution in [1.82, 2.24) is 24.5 Å². The molecule has 0 unspecified atom stereocenters. The van der Waals surface area contributed by atoms with Crippen molar-refractivity contribution in [2.24, 2.45) is 0 Å². The van der Waals surface area contributed by atoms with Crippen molar-refractivity contribution in [2.75, 3.05) is 17.6 Å². The molecule has 0 fully saturated rings. The van der Waals surface area contributed by atoms with E-state index >= 15 is 0 Å². The standard InChI is InChI=1S/C28H27N7OS/c1-18-8-6-11-22-25(18)27(36)35(20-9-4-3-5-10-20)23(33-22)12-7-15-31-26-21(19(2)32-28(29)34-26)13-14-24-30-16-17-37-24/h3-6,8-11,13-14,16-17H,7,12,15H2,1-2H3,(H3,29,31,32,34)/b14-13+.